The van der Waals surface area contributed by atoms with E-state index < -0.39 is 5.91 Å². The zero-order chi connectivity index (χ0) is 25.8. The van der Waals surface area contributed by atoms with E-state index in [0.29, 0.717) is 23.2 Å². The van der Waals surface area contributed by atoms with Crippen LogP contribution in [0, 0.1) is 13.8 Å². The Hall–Kier alpha value is -4.91. The van der Waals surface area contributed by atoms with Crippen molar-refractivity contribution >= 4 is 45.5 Å². The molecule has 0 fully saturated rings. The fourth-order valence-electron chi connectivity index (χ4n) is 5.42. The number of carbonyl (C=O) groups is 2. The number of aryl methyl sites for hydroxylation is 1. The van der Waals surface area contributed by atoms with E-state index in [1.165, 1.54) is 6.21 Å². The van der Waals surface area contributed by atoms with Crippen molar-refractivity contribution in [2.45, 2.75) is 20.4 Å². The van der Waals surface area contributed by atoms with Crippen molar-refractivity contribution in [1.82, 2.24) is 4.98 Å². The van der Waals surface area contributed by atoms with Gasteiger partial charge in [0.25, 0.3) is 11.8 Å². The average molecular weight is 489 g/mol. The molecule has 4 aromatic carbocycles. The zero-order valence-electron chi connectivity index (χ0n) is 20.4. The summed E-state index contributed by atoms with van der Waals surface area (Å²) in [5, 5.41) is 13.8. The van der Waals surface area contributed by atoms with Crippen LogP contribution in [0.4, 0.5) is 5.69 Å². The summed E-state index contributed by atoms with van der Waals surface area (Å²) in [6.07, 6.45) is 1.35. The van der Waals surface area contributed by atoms with Crippen LogP contribution >= 0.6 is 0 Å². The second-order valence-electron chi connectivity index (χ2n) is 9.45. The average Bonchev–Trinajstić information content (AvgIpc) is 3.41. The molecule has 1 aliphatic rings. The summed E-state index contributed by atoms with van der Waals surface area (Å²) in [7, 11) is 0. The molecule has 0 spiro atoms. The highest BCUT2D eigenvalue weighted by Crippen LogP contribution is 2.41. The van der Waals surface area contributed by atoms with Crippen LogP contribution in [0.2, 0.25) is 0 Å². The van der Waals surface area contributed by atoms with Gasteiger partial charge < -0.3 is 20.8 Å². The Labute approximate surface area is 212 Å². The Morgan fingerprint density at radius 1 is 1.03 bits per heavy atom. The maximum Gasteiger partial charge on any atom is 0.258 e. The van der Waals surface area contributed by atoms with E-state index in [4.69, 9.17) is 10.9 Å². The number of nitrogens with two attached hydrogens (primary N) is 1. The molecule has 4 N–H and O–H groups in total. The van der Waals surface area contributed by atoms with Gasteiger partial charge in [0, 0.05) is 27.5 Å². The number of amides is 2. The highest BCUT2D eigenvalue weighted by Gasteiger charge is 2.30. The summed E-state index contributed by atoms with van der Waals surface area (Å²) in [6.45, 7) is 4.53. The van der Waals surface area contributed by atoms with Crippen LogP contribution in [-0.4, -0.2) is 28.2 Å². The van der Waals surface area contributed by atoms with Crippen LogP contribution in [0.15, 0.2) is 71.9 Å². The Kier molecular flexibility index (Phi) is 5.08. The van der Waals surface area contributed by atoms with Gasteiger partial charge in [-0.15, -0.1) is 0 Å². The number of primary amides is 1. The van der Waals surface area contributed by atoms with Gasteiger partial charge in [-0.25, -0.2) is 0 Å². The first-order valence-electron chi connectivity index (χ1n) is 11.9. The molecule has 2 amide bonds. The molecule has 0 aliphatic carbocycles. The van der Waals surface area contributed by atoms with Gasteiger partial charge in [-0.05, 0) is 65.9 Å². The number of hydrogen-bond donors (Lipinski definition) is 3. The molecule has 1 aromatic heterocycles. The van der Waals surface area contributed by atoms with E-state index in [0.717, 1.165) is 55.4 Å². The monoisotopic (exact) mass is 488 g/mol. The lowest BCUT2D eigenvalue weighted by Gasteiger charge is -2.21. The van der Waals surface area contributed by atoms with Crippen molar-refractivity contribution < 1.29 is 14.8 Å². The van der Waals surface area contributed by atoms with E-state index >= 15 is 0 Å². The second-order valence-corrected chi connectivity index (χ2v) is 9.45. The summed E-state index contributed by atoms with van der Waals surface area (Å²) in [4.78, 5) is 30.8. The van der Waals surface area contributed by atoms with Crippen molar-refractivity contribution in [1.29, 1.82) is 0 Å². The molecule has 7 heteroatoms. The van der Waals surface area contributed by atoms with E-state index in [1.54, 1.807) is 6.07 Å². The SMILES string of the molecule is Cc1ccc2c(c1)C(=O)N(c1cccc(-c3ccc(C(N)=O)c4[nH]c5cc(C=NO)ccc5c34)c1C)C2. The standard InChI is InChI=1S/C30H24N4O3/c1-16-6-8-19-15-34(30(36)24(19)12-16)26-5-3-4-20(17(26)2)21-10-11-23(29(31)35)28-27(21)22-9-7-18(14-32-37)13-25(22)33-28/h3-14,33,37H,15H2,1-2H3,(H2,31,35). The van der Waals surface area contributed by atoms with E-state index in [2.05, 4.69) is 10.1 Å². The van der Waals surface area contributed by atoms with E-state index in [9.17, 15) is 9.59 Å². The highest BCUT2D eigenvalue weighted by molar-refractivity contribution is 6.20. The molecule has 0 radical (unpaired) electrons. The summed E-state index contributed by atoms with van der Waals surface area (Å²) >= 11 is 0. The summed E-state index contributed by atoms with van der Waals surface area (Å²) in [6, 6.07) is 21.2. The summed E-state index contributed by atoms with van der Waals surface area (Å²) in [5.41, 5.74) is 14.8. The minimum Gasteiger partial charge on any atom is -0.411 e. The number of anilines is 1. The number of oxime groups is 1. The topological polar surface area (TPSA) is 112 Å². The molecular weight excluding hydrogens is 464 g/mol. The zero-order valence-corrected chi connectivity index (χ0v) is 20.4. The Balaban J connectivity index is 1.55. The quantitative estimate of drug-likeness (QED) is 0.172. The first-order valence-corrected chi connectivity index (χ1v) is 11.9. The fourth-order valence-corrected chi connectivity index (χ4v) is 5.42. The number of fused-ring (bicyclic) bond motifs is 4. The van der Waals surface area contributed by atoms with Crippen LogP contribution in [0.5, 0.6) is 0 Å². The predicted molar refractivity (Wildman–Crippen MR) is 146 cm³/mol. The van der Waals surface area contributed by atoms with Gasteiger partial charge in [-0.3, -0.25) is 9.59 Å². The van der Waals surface area contributed by atoms with Gasteiger partial charge in [0.2, 0.25) is 0 Å². The largest absolute Gasteiger partial charge is 0.411 e. The van der Waals surface area contributed by atoms with Crippen molar-refractivity contribution in [2.24, 2.45) is 10.9 Å². The molecule has 0 unspecified atom stereocenters. The molecular formula is C30H24N4O3. The predicted octanol–water partition coefficient (Wildman–Crippen LogP) is 5.67. The third-order valence-electron chi connectivity index (χ3n) is 7.21. The molecule has 1 aliphatic heterocycles. The smallest absolute Gasteiger partial charge is 0.258 e. The Morgan fingerprint density at radius 3 is 2.65 bits per heavy atom. The van der Waals surface area contributed by atoms with Crippen molar-refractivity contribution in [3.8, 4) is 11.1 Å². The summed E-state index contributed by atoms with van der Waals surface area (Å²) < 4.78 is 0. The number of nitrogens with one attached hydrogen (secondary N) is 1. The number of aromatic nitrogens is 1. The molecule has 0 atom stereocenters. The number of benzene rings is 4. The molecule has 6 rings (SSSR count). The van der Waals surface area contributed by atoms with Crippen LogP contribution in [0.3, 0.4) is 0 Å². The minimum atomic E-state index is -0.526. The van der Waals surface area contributed by atoms with Crippen LogP contribution in [0.1, 0.15) is 43.0 Å². The van der Waals surface area contributed by atoms with E-state index in [1.807, 2.05) is 79.4 Å². The lowest BCUT2D eigenvalue weighted by Crippen LogP contribution is -2.24. The first kappa shape index (κ1) is 22.5. The number of carbonyl (C=O) groups excluding carboxylic acids is 2. The first-order chi connectivity index (χ1) is 17.9. The van der Waals surface area contributed by atoms with Crippen molar-refractivity contribution in [3.63, 3.8) is 0 Å². The highest BCUT2D eigenvalue weighted by atomic mass is 16.4. The number of hydrogen-bond acceptors (Lipinski definition) is 4. The Bertz CT molecular complexity index is 1800. The lowest BCUT2D eigenvalue weighted by molar-refractivity contribution is 0.0990. The van der Waals surface area contributed by atoms with Crippen LogP contribution in [0.25, 0.3) is 32.9 Å². The van der Waals surface area contributed by atoms with Crippen LogP contribution in [-0.2, 0) is 6.54 Å². The molecule has 0 saturated carbocycles. The van der Waals surface area contributed by atoms with E-state index in [-0.39, 0.29) is 5.91 Å². The van der Waals surface area contributed by atoms with Crippen molar-refractivity contribution in [2.75, 3.05) is 4.90 Å². The van der Waals surface area contributed by atoms with Gasteiger partial charge in [0.05, 0.1) is 23.8 Å². The molecule has 7 nitrogen and oxygen atoms in total. The Morgan fingerprint density at radius 2 is 1.86 bits per heavy atom. The third kappa shape index (κ3) is 3.47. The molecule has 37 heavy (non-hydrogen) atoms. The van der Waals surface area contributed by atoms with Gasteiger partial charge in [0.15, 0.2) is 0 Å². The maximum absolute atomic E-state index is 13.3. The molecule has 0 bridgehead atoms. The molecule has 182 valence electrons. The summed E-state index contributed by atoms with van der Waals surface area (Å²) in [5.74, 6) is -0.528. The molecule has 2 heterocycles. The molecule has 5 aromatic rings. The molecule has 0 saturated heterocycles. The lowest BCUT2D eigenvalue weighted by atomic mass is 9.93. The normalized spacial score (nSPS) is 13.2. The minimum absolute atomic E-state index is 0.00153. The number of nitrogens with zero attached hydrogens (tertiary/aromatic N) is 2. The van der Waals surface area contributed by atoms with Gasteiger partial charge in [0.1, 0.15) is 0 Å². The van der Waals surface area contributed by atoms with Crippen molar-refractivity contribution in [3.05, 3.63) is 100 Å². The van der Waals surface area contributed by atoms with Gasteiger partial charge >= 0.3 is 0 Å². The van der Waals surface area contributed by atoms with Crippen LogP contribution < -0.4 is 10.6 Å². The number of H-pyrrole nitrogens is 1. The van der Waals surface area contributed by atoms with Gasteiger partial charge in [-0.2, -0.15) is 0 Å². The maximum atomic E-state index is 13.3. The third-order valence-corrected chi connectivity index (χ3v) is 7.21. The number of rotatable bonds is 4. The number of aromatic amines is 1. The fraction of sp³-hybridized carbons (Fsp3) is 0.100. The second kappa shape index (κ2) is 8.34. The van der Waals surface area contributed by atoms with Gasteiger partial charge in [-0.1, -0.05) is 53.2 Å².